The monoisotopic (exact) mass is 387 g/mol. The van der Waals surface area contributed by atoms with Crippen molar-refractivity contribution in [1.82, 2.24) is 0 Å². The van der Waals surface area contributed by atoms with E-state index < -0.39 is 0 Å². The molecule has 4 rings (SSSR count). The molecule has 0 unspecified atom stereocenters. The summed E-state index contributed by atoms with van der Waals surface area (Å²) < 4.78 is 3.81. The van der Waals surface area contributed by atoms with Crippen molar-refractivity contribution in [3.8, 4) is 10.6 Å². The molecule has 0 bridgehead atoms. The van der Waals surface area contributed by atoms with Gasteiger partial charge in [-0.15, -0.1) is 0 Å². The minimum absolute atomic E-state index is 0.886. The number of rotatable bonds is 6. The van der Waals surface area contributed by atoms with E-state index in [1.54, 1.807) is 0 Å². The van der Waals surface area contributed by atoms with Crippen LogP contribution in [0.1, 0.15) is 25.0 Å². The van der Waals surface area contributed by atoms with E-state index in [4.69, 9.17) is 0 Å². The second-order valence-corrected chi connectivity index (χ2v) is 8.20. The van der Waals surface area contributed by atoms with Gasteiger partial charge in [-0.25, -0.2) is 0 Å². The predicted molar refractivity (Wildman–Crippen MR) is 121 cm³/mol. The molecule has 1 aromatic heterocycles. The zero-order valence-electron chi connectivity index (χ0n) is 16.9. The highest BCUT2D eigenvalue weighted by atomic mass is 32.1. The molecule has 0 spiro atoms. The van der Waals surface area contributed by atoms with Crippen LogP contribution >= 0.6 is 11.3 Å². The van der Waals surface area contributed by atoms with Crippen LogP contribution in [0.3, 0.4) is 0 Å². The molecule has 0 atom stereocenters. The molecule has 2 nitrogen and oxygen atoms in total. The molecule has 28 heavy (non-hydrogen) atoms. The number of nitrogens with zero attached hydrogens (tertiary/aromatic N) is 2. The highest BCUT2D eigenvalue weighted by Crippen LogP contribution is 2.31. The smallest absolute Gasteiger partial charge is 0.270 e. The lowest BCUT2D eigenvalue weighted by atomic mass is 10.1. The molecule has 142 valence electrons. The van der Waals surface area contributed by atoms with Crippen LogP contribution < -0.4 is 9.47 Å². The summed E-state index contributed by atoms with van der Waals surface area (Å²) in [5.74, 6) is 0. The van der Waals surface area contributed by atoms with Gasteiger partial charge in [-0.2, -0.15) is 4.57 Å². The van der Waals surface area contributed by atoms with Gasteiger partial charge < -0.3 is 4.90 Å². The first-order chi connectivity index (χ1) is 13.7. The molecular formula is C25H27N2S+. The van der Waals surface area contributed by atoms with Crippen LogP contribution in [0.15, 0.2) is 72.8 Å². The lowest BCUT2D eigenvalue weighted by molar-refractivity contribution is -0.647. The number of hydrogen-bond acceptors (Lipinski definition) is 2. The van der Waals surface area contributed by atoms with Crippen molar-refractivity contribution in [2.45, 2.75) is 27.3 Å². The van der Waals surface area contributed by atoms with Crippen molar-refractivity contribution < 1.29 is 4.57 Å². The summed E-state index contributed by atoms with van der Waals surface area (Å²) in [4.78, 5) is 2.39. The molecule has 3 aromatic carbocycles. The maximum atomic E-state index is 2.46. The highest BCUT2D eigenvalue weighted by molar-refractivity contribution is 7.21. The van der Waals surface area contributed by atoms with Crippen molar-refractivity contribution in [3.63, 3.8) is 0 Å². The normalized spacial score (nSPS) is 11.1. The van der Waals surface area contributed by atoms with Gasteiger partial charge in [0.05, 0.1) is 5.56 Å². The fourth-order valence-corrected chi connectivity index (χ4v) is 5.00. The van der Waals surface area contributed by atoms with Gasteiger partial charge in [-0.1, -0.05) is 47.7 Å². The number of aryl methyl sites for hydroxylation is 1. The van der Waals surface area contributed by atoms with Crippen LogP contribution in [0.25, 0.3) is 20.8 Å². The Morgan fingerprint density at radius 3 is 2.25 bits per heavy atom. The Morgan fingerprint density at radius 1 is 0.857 bits per heavy atom. The average Bonchev–Trinajstić information content (AvgIpc) is 3.07. The van der Waals surface area contributed by atoms with Crippen LogP contribution in [0.5, 0.6) is 0 Å². The first kappa shape index (κ1) is 18.7. The standard InChI is InChI=1S/C25H27N2S/c1-4-26(5-2)22-14-12-21(13-15-22)25-27(18-20-9-7-6-8-10-20)23-16-11-19(3)17-24(23)28-25/h6-17H,4-5,18H2,1-3H3/q+1. The molecule has 0 aliphatic rings. The topological polar surface area (TPSA) is 7.12 Å². The summed E-state index contributed by atoms with van der Waals surface area (Å²) in [5.41, 5.74) is 6.52. The number of anilines is 1. The third kappa shape index (κ3) is 3.67. The Bertz CT molecular complexity index is 1060. The summed E-state index contributed by atoms with van der Waals surface area (Å²) in [6.07, 6.45) is 0. The van der Waals surface area contributed by atoms with E-state index in [2.05, 4.69) is 103 Å². The summed E-state index contributed by atoms with van der Waals surface area (Å²) in [7, 11) is 0. The molecule has 0 aliphatic carbocycles. The number of thiazole rings is 1. The molecule has 0 saturated heterocycles. The number of aromatic nitrogens is 1. The van der Waals surface area contributed by atoms with E-state index in [9.17, 15) is 0 Å². The van der Waals surface area contributed by atoms with Gasteiger partial charge in [0.2, 0.25) is 5.52 Å². The zero-order chi connectivity index (χ0) is 19.5. The molecule has 4 aromatic rings. The molecule has 3 heteroatoms. The second-order valence-electron chi connectivity index (χ2n) is 7.17. The summed E-state index contributed by atoms with van der Waals surface area (Å²) in [6.45, 7) is 9.54. The van der Waals surface area contributed by atoms with Crippen LogP contribution in [0.2, 0.25) is 0 Å². The number of fused-ring (bicyclic) bond motifs is 1. The summed E-state index contributed by atoms with van der Waals surface area (Å²) >= 11 is 1.89. The van der Waals surface area contributed by atoms with Gasteiger partial charge in [0, 0.05) is 30.4 Å². The van der Waals surface area contributed by atoms with Crippen molar-refractivity contribution >= 4 is 27.2 Å². The van der Waals surface area contributed by atoms with Gasteiger partial charge in [0.15, 0.2) is 6.54 Å². The maximum absolute atomic E-state index is 2.46. The van der Waals surface area contributed by atoms with E-state index in [0.717, 1.165) is 19.6 Å². The summed E-state index contributed by atoms with van der Waals surface area (Å²) in [5, 5.41) is 1.32. The molecule has 0 saturated carbocycles. The maximum Gasteiger partial charge on any atom is 0.270 e. The lowest BCUT2D eigenvalue weighted by Gasteiger charge is -2.20. The fourth-order valence-electron chi connectivity index (χ4n) is 3.74. The third-order valence-corrected chi connectivity index (χ3v) is 6.48. The Morgan fingerprint density at radius 2 is 1.57 bits per heavy atom. The molecule has 1 heterocycles. The summed E-state index contributed by atoms with van der Waals surface area (Å²) in [6, 6.07) is 26.6. The van der Waals surface area contributed by atoms with Gasteiger partial charge in [0.25, 0.3) is 5.01 Å². The van der Waals surface area contributed by atoms with Crippen LogP contribution in [0, 0.1) is 6.92 Å². The minimum Gasteiger partial charge on any atom is -0.372 e. The Hall–Kier alpha value is -2.65. The largest absolute Gasteiger partial charge is 0.372 e. The molecule has 0 radical (unpaired) electrons. The lowest BCUT2D eigenvalue weighted by Crippen LogP contribution is -2.35. The van der Waals surface area contributed by atoms with Crippen molar-refractivity contribution in [1.29, 1.82) is 0 Å². The molecule has 0 N–H and O–H groups in total. The Kier molecular flexibility index (Phi) is 5.45. The van der Waals surface area contributed by atoms with E-state index in [1.165, 1.54) is 37.6 Å². The predicted octanol–water partition coefficient (Wildman–Crippen LogP) is 6.06. The Balaban J connectivity index is 1.80. The SMILES string of the molecule is CCN(CC)c1ccc(-c2sc3cc(C)ccc3[n+]2Cc2ccccc2)cc1. The van der Waals surface area contributed by atoms with E-state index in [-0.39, 0.29) is 0 Å². The first-order valence-corrected chi connectivity index (χ1v) is 10.8. The van der Waals surface area contributed by atoms with Gasteiger partial charge in [-0.05, 0) is 56.7 Å². The zero-order valence-corrected chi connectivity index (χ0v) is 17.7. The molecule has 0 amide bonds. The molecule has 0 fully saturated rings. The average molecular weight is 388 g/mol. The van der Waals surface area contributed by atoms with Crippen LogP contribution in [-0.4, -0.2) is 13.1 Å². The van der Waals surface area contributed by atoms with Crippen molar-refractivity contribution in [3.05, 3.63) is 83.9 Å². The minimum atomic E-state index is 0.886. The number of hydrogen-bond donors (Lipinski definition) is 0. The van der Waals surface area contributed by atoms with Crippen LogP contribution in [0.4, 0.5) is 5.69 Å². The fraction of sp³-hybridized carbons (Fsp3) is 0.240. The van der Waals surface area contributed by atoms with Gasteiger partial charge in [0.1, 0.15) is 4.70 Å². The molecule has 0 aliphatic heterocycles. The first-order valence-electron chi connectivity index (χ1n) is 10.0. The molecular weight excluding hydrogens is 360 g/mol. The second kappa shape index (κ2) is 8.15. The quantitative estimate of drug-likeness (QED) is 0.365. The van der Waals surface area contributed by atoms with Crippen LogP contribution in [-0.2, 0) is 6.54 Å². The van der Waals surface area contributed by atoms with Gasteiger partial charge >= 0.3 is 0 Å². The van der Waals surface area contributed by atoms with Gasteiger partial charge in [-0.3, -0.25) is 0 Å². The Labute approximate surface area is 171 Å². The van der Waals surface area contributed by atoms with E-state index in [1.807, 2.05) is 11.3 Å². The highest BCUT2D eigenvalue weighted by Gasteiger charge is 2.22. The van der Waals surface area contributed by atoms with Crippen molar-refractivity contribution in [2.75, 3.05) is 18.0 Å². The van der Waals surface area contributed by atoms with E-state index in [0.29, 0.717) is 0 Å². The number of benzene rings is 3. The van der Waals surface area contributed by atoms with Crippen molar-refractivity contribution in [2.24, 2.45) is 0 Å². The van der Waals surface area contributed by atoms with E-state index >= 15 is 0 Å². The third-order valence-electron chi connectivity index (χ3n) is 5.28.